The van der Waals surface area contributed by atoms with Crippen LogP contribution in [0.1, 0.15) is 28.4 Å². The Hall–Kier alpha value is -3.80. The number of nitrogens with zero attached hydrogens (tertiary/aromatic N) is 4. The topological polar surface area (TPSA) is 90.9 Å². The largest absolute Gasteiger partial charge is 0.508 e. The number of amides is 1. The summed E-state index contributed by atoms with van der Waals surface area (Å²) in [6, 6.07) is 15.2. The zero-order chi connectivity index (χ0) is 28.6. The summed E-state index contributed by atoms with van der Waals surface area (Å²) in [4.78, 5) is 18.8. The number of phenols is 1. The molecule has 7 nitrogen and oxygen atoms in total. The second-order valence-electron chi connectivity index (χ2n) is 9.22. The summed E-state index contributed by atoms with van der Waals surface area (Å²) in [6.07, 6.45) is -2.15. The molecule has 4 aromatic rings. The molecule has 40 heavy (non-hydrogen) atoms. The molecule has 0 saturated carbocycles. The molecule has 5 rings (SSSR count). The first-order valence-electron chi connectivity index (χ1n) is 12.0. The van der Waals surface area contributed by atoms with Gasteiger partial charge in [0.15, 0.2) is 5.17 Å². The van der Waals surface area contributed by atoms with Crippen molar-refractivity contribution in [1.29, 1.82) is 0 Å². The van der Waals surface area contributed by atoms with Crippen molar-refractivity contribution < 1.29 is 28.2 Å². The van der Waals surface area contributed by atoms with Gasteiger partial charge in [0.25, 0.3) is 5.91 Å². The third kappa shape index (κ3) is 6.01. The summed E-state index contributed by atoms with van der Waals surface area (Å²) in [5.41, 5.74) is 1.20. The van der Waals surface area contributed by atoms with Crippen LogP contribution in [-0.2, 0) is 17.5 Å². The van der Waals surface area contributed by atoms with Gasteiger partial charge in [-0.25, -0.2) is 0 Å². The van der Waals surface area contributed by atoms with Gasteiger partial charge in [-0.15, -0.1) is 0 Å². The molecule has 1 aliphatic heterocycles. The maximum Gasteiger partial charge on any atom is 0.416 e. The normalized spacial score (nSPS) is 15.6. The Bertz CT molecular complexity index is 1650. The number of phenolic OH excluding ortho intramolecular Hbond substituents is 1. The third-order valence-electron chi connectivity index (χ3n) is 6.32. The number of carbonyl (C=O) groups is 1. The number of aliphatic hydroxyl groups excluding tert-OH is 1. The lowest BCUT2D eigenvalue weighted by molar-refractivity contribution is -0.138. The molecule has 3 aromatic carbocycles. The van der Waals surface area contributed by atoms with Gasteiger partial charge in [-0.1, -0.05) is 35.9 Å². The van der Waals surface area contributed by atoms with Crippen LogP contribution in [0.15, 0.2) is 76.8 Å². The van der Waals surface area contributed by atoms with Crippen LogP contribution in [-0.4, -0.2) is 49.6 Å². The highest BCUT2D eigenvalue weighted by molar-refractivity contribution is 8.18. The van der Waals surface area contributed by atoms with E-state index in [4.69, 9.17) is 11.6 Å². The lowest BCUT2D eigenvalue weighted by Gasteiger charge is -2.21. The highest BCUT2D eigenvalue weighted by atomic mass is 35.5. The molecule has 1 aromatic heterocycles. The van der Waals surface area contributed by atoms with E-state index in [1.54, 1.807) is 54.6 Å². The number of fused-ring (bicyclic) bond motifs is 1. The maximum atomic E-state index is 13.5. The van der Waals surface area contributed by atoms with Crippen molar-refractivity contribution >= 4 is 51.4 Å². The number of carbonyl (C=O) groups excluding carboxylic acids is 1. The average molecular weight is 587 g/mol. The van der Waals surface area contributed by atoms with E-state index >= 15 is 0 Å². The quantitative estimate of drug-likeness (QED) is 0.265. The summed E-state index contributed by atoms with van der Waals surface area (Å²) in [5, 5.41) is 25.4. The fourth-order valence-electron chi connectivity index (χ4n) is 4.29. The minimum Gasteiger partial charge on any atom is -0.508 e. The second kappa shape index (κ2) is 11.0. The molecule has 1 aliphatic rings. The highest BCUT2D eigenvalue weighted by Gasteiger charge is 2.33. The number of aromatic hydroxyl groups is 1. The number of thioether (sulfide) groups is 1. The van der Waals surface area contributed by atoms with E-state index in [1.165, 1.54) is 40.7 Å². The van der Waals surface area contributed by atoms with Crippen LogP contribution in [0.25, 0.3) is 17.0 Å². The summed E-state index contributed by atoms with van der Waals surface area (Å²) in [5.74, 6) is -0.313. The molecular formula is C28H22ClF3N4O3S. The standard InChI is InChI=1S/C28H22ClF3N4O3S/c1-35(15-24(38)17-4-7-21(37)8-5-17)27-34-26(39)25(40-27)11-16-2-9-23-19(10-16)13-33-36(23)14-18-3-6-20(29)12-22(18)28(30,31)32/h2-13,24,37-38H,14-15H2,1H3. The molecule has 1 atom stereocenters. The molecule has 1 unspecified atom stereocenters. The van der Waals surface area contributed by atoms with Gasteiger partial charge >= 0.3 is 6.18 Å². The van der Waals surface area contributed by atoms with Gasteiger partial charge in [0, 0.05) is 24.0 Å². The van der Waals surface area contributed by atoms with Gasteiger partial charge in [0.05, 0.1) is 34.8 Å². The highest BCUT2D eigenvalue weighted by Crippen LogP contribution is 2.35. The lowest BCUT2D eigenvalue weighted by Crippen LogP contribution is -2.28. The summed E-state index contributed by atoms with van der Waals surface area (Å²) in [7, 11) is 1.72. The minimum absolute atomic E-state index is 0.00487. The molecule has 12 heteroatoms. The Balaban J connectivity index is 1.30. The molecule has 2 N–H and O–H groups in total. The van der Waals surface area contributed by atoms with Gasteiger partial charge < -0.3 is 15.1 Å². The van der Waals surface area contributed by atoms with E-state index in [1.807, 2.05) is 0 Å². The van der Waals surface area contributed by atoms with Crippen molar-refractivity contribution in [2.24, 2.45) is 4.99 Å². The zero-order valence-corrected chi connectivity index (χ0v) is 22.5. The summed E-state index contributed by atoms with van der Waals surface area (Å²) < 4.78 is 42.0. The summed E-state index contributed by atoms with van der Waals surface area (Å²) in [6.45, 7) is 0.0931. The molecule has 0 spiro atoms. The molecule has 0 aliphatic carbocycles. The molecule has 0 saturated heterocycles. The van der Waals surface area contributed by atoms with Gasteiger partial charge in [0.1, 0.15) is 5.75 Å². The Labute approximate surface area is 236 Å². The number of aromatic nitrogens is 2. The van der Waals surface area contributed by atoms with Gasteiger partial charge in [-0.3, -0.25) is 9.48 Å². The second-order valence-corrected chi connectivity index (χ2v) is 10.7. The van der Waals surface area contributed by atoms with Crippen molar-refractivity contribution in [2.45, 2.75) is 18.8 Å². The first-order chi connectivity index (χ1) is 19.0. The van der Waals surface area contributed by atoms with Crippen LogP contribution in [0.5, 0.6) is 5.75 Å². The van der Waals surface area contributed by atoms with E-state index in [0.717, 1.165) is 6.07 Å². The zero-order valence-electron chi connectivity index (χ0n) is 20.9. The Morgan fingerprint density at radius 3 is 2.60 bits per heavy atom. The van der Waals surface area contributed by atoms with Crippen molar-refractivity contribution in [3.8, 4) is 5.75 Å². The van der Waals surface area contributed by atoms with Crippen LogP contribution in [0.3, 0.4) is 0 Å². The fourth-order valence-corrected chi connectivity index (χ4v) is 5.34. The number of hydrogen-bond acceptors (Lipinski definition) is 6. The molecule has 1 amide bonds. The molecular weight excluding hydrogens is 565 g/mol. The number of halogens is 4. The molecule has 2 heterocycles. The fraction of sp³-hybridized carbons (Fsp3) is 0.179. The van der Waals surface area contributed by atoms with Crippen molar-refractivity contribution in [3.63, 3.8) is 0 Å². The SMILES string of the molecule is CN(CC(O)c1ccc(O)cc1)C1=NC(=O)C(=Cc2ccc3c(cnn3Cc3ccc(Cl)cc3C(F)(F)F)c2)S1. The van der Waals surface area contributed by atoms with Crippen LogP contribution in [0.4, 0.5) is 13.2 Å². The maximum absolute atomic E-state index is 13.5. The van der Waals surface area contributed by atoms with Crippen molar-refractivity contribution in [1.82, 2.24) is 14.7 Å². The number of aliphatic imine (C=N–C) groups is 1. The first-order valence-corrected chi connectivity index (χ1v) is 13.2. The molecule has 0 fully saturated rings. The minimum atomic E-state index is -4.55. The Kier molecular flexibility index (Phi) is 7.63. The van der Waals surface area contributed by atoms with E-state index < -0.39 is 23.8 Å². The number of aliphatic hydroxyl groups is 1. The number of hydrogen-bond donors (Lipinski definition) is 2. The van der Waals surface area contributed by atoms with Crippen LogP contribution >= 0.6 is 23.4 Å². The van der Waals surface area contributed by atoms with E-state index in [-0.39, 0.29) is 29.4 Å². The Morgan fingerprint density at radius 1 is 1.12 bits per heavy atom. The van der Waals surface area contributed by atoms with Gasteiger partial charge in [0.2, 0.25) is 0 Å². The number of alkyl halides is 3. The third-order valence-corrected chi connectivity index (χ3v) is 7.65. The van der Waals surface area contributed by atoms with E-state index in [9.17, 15) is 28.2 Å². The number of rotatable bonds is 6. The predicted molar refractivity (Wildman–Crippen MR) is 149 cm³/mol. The van der Waals surface area contributed by atoms with Gasteiger partial charge in [-0.05, 0) is 70.9 Å². The monoisotopic (exact) mass is 586 g/mol. The van der Waals surface area contributed by atoms with Crippen LogP contribution in [0.2, 0.25) is 5.02 Å². The number of likely N-dealkylation sites (N-methyl/N-ethyl adjacent to an activating group) is 1. The average Bonchev–Trinajstić information content (AvgIpc) is 3.47. The number of benzene rings is 3. The molecule has 0 bridgehead atoms. The van der Waals surface area contributed by atoms with Gasteiger partial charge in [-0.2, -0.15) is 23.3 Å². The van der Waals surface area contributed by atoms with E-state index in [0.29, 0.717) is 32.1 Å². The van der Waals surface area contributed by atoms with Crippen LogP contribution in [0, 0.1) is 0 Å². The molecule has 0 radical (unpaired) electrons. The summed E-state index contributed by atoms with van der Waals surface area (Å²) >= 11 is 6.97. The Morgan fingerprint density at radius 2 is 1.88 bits per heavy atom. The van der Waals surface area contributed by atoms with E-state index in [2.05, 4.69) is 10.1 Å². The number of amidine groups is 1. The van der Waals surface area contributed by atoms with Crippen LogP contribution < -0.4 is 0 Å². The van der Waals surface area contributed by atoms with Crippen molar-refractivity contribution in [2.75, 3.05) is 13.6 Å². The first kappa shape index (κ1) is 27.8. The van der Waals surface area contributed by atoms with Crippen molar-refractivity contribution in [3.05, 3.63) is 99.0 Å². The molecule has 206 valence electrons. The predicted octanol–water partition coefficient (Wildman–Crippen LogP) is 6.10. The smallest absolute Gasteiger partial charge is 0.416 e. The lowest BCUT2D eigenvalue weighted by atomic mass is 10.1.